The number of anilines is 1. The summed E-state index contributed by atoms with van der Waals surface area (Å²) in [6.07, 6.45) is 0. The van der Waals surface area contributed by atoms with Gasteiger partial charge in [-0.05, 0) is 49.7 Å². The van der Waals surface area contributed by atoms with E-state index in [1.807, 2.05) is 0 Å². The van der Waals surface area contributed by atoms with E-state index in [0.29, 0.717) is 21.0 Å². The van der Waals surface area contributed by atoms with Crippen molar-refractivity contribution in [3.05, 3.63) is 57.1 Å². The second-order valence-corrected chi connectivity index (χ2v) is 6.78. The number of ether oxygens (including phenoxy) is 1. The second-order valence-electron chi connectivity index (χ2n) is 5.73. The number of thiophene rings is 1. The van der Waals surface area contributed by atoms with Gasteiger partial charge in [0.1, 0.15) is 17.2 Å². The predicted molar refractivity (Wildman–Crippen MR) is 99.8 cm³/mol. The summed E-state index contributed by atoms with van der Waals surface area (Å²) < 4.78 is 23.8. The van der Waals surface area contributed by atoms with Crippen LogP contribution in [0.2, 0.25) is 0 Å². The minimum absolute atomic E-state index is 0.0191. The topological polar surface area (TPSA) is 103 Å². The van der Waals surface area contributed by atoms with E-state index in [9.17, 15) is 18.8 Å². The minimum atomic E-state index is -0.816. The van der Waals surface area contributed by atoms with E-state index in [4.69, 9.17) is 9.15 Å². The average Bonchev–Trinajstić information content (AvgIpc) is 3.18. The predicted octanol–water partition coefficient (Wildman–Crippen LogP) is 2.83. The smallest absolute Gasteiger partial charge is 0.437 e. The van der Waals surface area contributed by atoms with Gasteiger partial charge in [0, 0.05) is 5.56 Å². The summed E-state index contributed by atoms with van der Waals surface area (Å²) in [6.45, 7) is 3.31. The number of hydrogen-bond acceptors (Lipinski definition) is 7. The highest BCUT2D eigenvalue weighted by Gasteiger charge is 2.17. The lowest BCUT2D eigenvalue weighted by molar-refractivity contribution is -0.117. The molecule has 0 spiro atoms. The zero-order valence-corrected chi connectivity index (χ0v) is 15.8. The van der Waals surface area contributed by atoms with Crippen LogP contribution in [0.4, 0.5) is 9.39 Å². The summed E-state index contributed by atoms with van der Waals surface area (Å²) in [6, 6.07) is 6.89. The third kappa shape index (κ3) is 4.34. The summed E-state index contributed by atoms with van der Waals surface area (Å²) >= 11 is 1.08. The molecule has 1 N–H and O–H groups in total. The Hall–Kier alpha value is -3.27. The molecule has 2 aromatic heterocycles. The highest BCUT2D eigenvalue weighted by Crippen LogP contribution is 2.27. The zero-order chi connectivity index (χ0) is 20.3. The molecule has 8 nitrogen and oxygen atoms in total. The van der Waals surface area contributed by atoms with Gasteiger partial charge in [0.2, 0.25) is 11.8 Å². The summed E-state index contributed by atoms with van der Waals surface area (Å²) in [7, 11) is 0. The van der Waals surface area contributed by atoms with Crippen molar-refractivity contribution in [2.75, 3.05) is 11.9 Å². The van der Waals surface area contributed by atoms with Crippen LogP contribution in [-0.4, -0.2) is 28.3 Å². The highest BCUT2D eigenvalue weighted by atomic mass is 32.1. The zero-order valence-electron chi connectivity index (χ0n) is 15.0. The molecule has 0 radical (unpaired) electrons. The molecule has 28 heavy (non-hydrogen) atoms. The fraction of sp³-hybridized carbons (Fsp3) is 0.222. The highest BCUT2D eigenvalue weighted by molar-refractivity contribution is 7.18. The second kappa shape index (κ2) is 8.17. The first-order chi connectivity index (χ1) is 13.4. The van der Waals surface area contributed by atoms with Crippen LogP contribution in [0.1, 0.15) is 22.2 Å². The van der Waals surface area contributed by atoms with Gasteiger partial charge in [0.25, 0.3) is 0 Å². The first-order valence-corrected chi connectivity index (χ1v) is 9.10. The maximum Gasteiger partial charge on any atom is 0.437 e. The van der Waals surface area contributed by atoms with Crippen LogP contribution >= 0.6 is 11.3 Å². The molecule has 0 saturated heterocycles. The molecule has 10 heteroatoms. The molecule has 0 atom stereocenters. The van der Waals surface area contributed by atoms with Crippen molar-refractivity contribution in [3.63, 3.8) is 0 Å². The summed E-state index contributed by atoms with van der Waals surface area (Å²) in [5, 5.41) is 7.01. The van der Waals surface area contributed by atoms with Crippen molar-refractivity contribution in [1.82, 2.24) is 9.78 Å². The average molecular weight is 405 g/mol. The Morgan fingerprint density at radius 3 is 2.71 bits per heavy atom. The summed E-state index contributed by atoms with van der Waals surface area (Å²) in [4.78, 5) is 36.4. The molecular weight excluding hydrogens is 389 g/mol. The third-order valence-corrected chi connectivity index (χ3v) is 4.76. The molecule has 0 unspecified atom stereocenters. The lowest BCUT2D eigenvalue weighted by Gasteiger charge is -2.01. The van der Waals surface area contributed by atoms with Gasteiger partial charge in [-0.15, -0.1) is 16.4 Å². The van der Waals surface area contributed by atoms with Crippen LogP contribution in [0.3, 0.4) is 0 Å². The Kier molecular flexibility index (Phi) is 5.69. The SMILES string of the molecule is CCOC(=O)c1sc(NC(=O)Cn2nc(-c3ccc(F)cc3)oc2=O)cc1C. The first kappa shape index (κ1) is 19.5. The molecule has 0 aliphatic heterocycles. The number of benzene rings is 1. The van der Waals surface area contributed by atoms with Gasteiger partial charge in [-0.2, -0.15) is 4.68 Å². The molecule has 1 aromatic carbocycles. The van der Waals surface area contributed by atoms with Gasteiger partial charge in [0.15, 0.2) is 0 Å². The van der Waals surface area contributed by atoms with Crippen LogP contribution in [0.5, 0.6) is 0 Å². The molecule has 146 valence electrons. The molecule has 2 heterocycles. The molecule has 0 fully saturated rings. The van der Waals surface area contributed by atoms with Gasteiger partial charge in [0.05, 0.1) is 11.6 Å². The van der Waals surface area contributed by atoms with Gasteiger partial charge in [-0.1, -0.05) is 0 Å². The number of amides is 1. The Bertz CT molecular complexity index is 1070. The molecule has 0 saturated carbocycles. The maximum absolute atomic E-state index is 13.0. The Balaban J connectivity index is 1.70. The lowest BCUT2D eigenvalue weighted by Crippen LogP contribution is -2.25. The van der Waals surface area contributed by atoms with Crippen molar-refractivity contribution in [2.45, 2.75) is 20.4 Å². The monoisotopic (exact) mass is 405 g/mol. The Morgan fingerprint density at radius 1 is 1.32 bits per heavy atom. The van der Waals surface area contributed by atoms with Gasteiger partial charge in [-0.3, -0.25) is 4.79 Å². The molecular formula is C18H16FN3O5S. The number of esters is 1. The van der Waals surface area contributed by atoms with E-state index in [0.717, 1.165) is 16.0 Å². The number of aryl methyl sites for hydroxylation is 1. The molecule has 0 aliphatic carbocycles. The van der Waals surface area contributed by atoms with Crippen molar-refractivity contribution in [3.8, 4) is 11.5 Å². The van der Waals surface area contributed by atoms with Crippen LogP contribution in [0, 0.1) is 12.7 Å². The molecule has 3 rings (SSSR count). The van der Waals surface area contributed by atoms with Crippen LogP contribution in [0.25, 0.3) is 11.5 Å². The molecule has 3 aromatic rings. The Morgan fingerprint density at radius 2 is 2.04 bits per heavy atom. The van der Waals surface area contributed by atoms with E-state index in [-0.39, 0.29) is 19.0 Å². The van der Waals surface area contributed by atoms with E-state index < -0.39 is 23.4 Å². The van der Waals surface area contributed by atoms with Crippen LogP contribution < -0.4 is 11.1 Å². The third-order valence-electron chi connectivity index (χ3n) is 3.63. The van der Waals surface area contributed by atoms with Gasteiger partial charge < -0.3 is 14.5 Å². The summed E-state index contributed by atoms with van der Waals surface area (Å²) in [5.74, 6) is -2.24. The van der Waals surface area contributed by atoms with E-state index in [1.165, 1.54) is 24.3 Å². The van der Waals surface area contributed by atoms with E-state index in [2.05, 4.69) is 10.4 Å². The minimum Gasteiger partial charge on any atom is -0.462 e. The lowest BCUT2D eigenvalue weighted by atomic mass is 10.2. The van der Waals surface area contributed by atoms with E-state index in [1.54, 1.807) is 19.9 Å². The van der Waals surface area contributed by atoms with Crippen LogP contribution in [-0.2, 0) is 16.1 Å². The first-order valence-electron chi connectivity index (χ1n) is 8.28. The Labute approximate surface area is 162 Å². The number of carbonyl (C=O) groups excluding carboxylic acids is 2. The van der Waals surface area contributed by atoms with Crippen molar-refractivity contribution in [1.29, 1.82) is 0 Å². The molecule has 0 aliphatic rings. The normalized spacial score (nSPS) is 10.7. The number of carbonyl (C=O) groups is 2. The number of aromatic nitrogens is 2. The summed E-state index contributed by atoms with van der Waals surface area (Å²) in [5.41, 5.74) is 1.08. The molecule has 1 amide bonds. The number of hydrogen-bond donors (Lipinski definition) is 1. The largest absolute Gasteiger partial charge is 0.462 e. The van der Waals surface area contributed by atoms with E-state index >= 15 is 0 Å². The maximum atomic E-state index is 13.0. The van der Waals surface area contributed by atoms with Crippen molar-refractivity contribution >= 4 is 28.2 Å². The quantitative estimate of drug-likeness (QED) is 0.633. The van der Waals surface area contributed by atoms with Gasteiger partial charge >= 0.3 is 11.7 Å². The standard InChI is InChI=1S/C18H16FN3O5S/c1-3-26-17(24)15-10(2)8-14(28-15)20-13(23)9-22-18(25)27-16(21-22)11-4-6-12(19)7-5-11/h4-8H,3,9H2,1-2H3,(H,20,23). The van der Waals surface area contributed by atoms with Crippen molar-refractivity contribution in [2.24, 2.45) is 0 Å². The van der Waals surface area contributed by atoms with Crippen molar-refractivity contribution < 1.29 is 23.1 Å². The number of halogens is 1. The number of rotatable bonds is 6. The van der Waals surface area contributed by atoms with Gasteiger partial charge in [-0.25, -0.2) is 14.0 Å². The number of nitrogens with one attached hydrogen (secondary N) is 1. The van der Waals surface area contributed by atoms with Crippen LogP contribution in [0.15, 0.2) is 39.5 Å². The number of nitrogens with zero attached hydrogens (tertiary/aromatic N) is 2. The fourth-order valence-electron chi connectivity index (χ4n) is 2.37. The fourth-order valence-corrected chi connectivity index (χ4v) is 3.35. The molecule has 0 bridgehead atoms.